The topological polar surface area (TPSA) is 110 Å². The zero-order valence-corrected chi connectivity index (χ0v) is 16.7. The van der Waals surface area contributed by atoms with Crippen molar-refractivity contribution in [3.63, 3.8) is 0 Å². The lowest BCUT2D eigenvalue weighted by Crippen LogP contribution is -2.43. The molecule has 0 unspecified atom stereocenters. The van der Waals surface area contributed by atoms with Gasteiger partial charge in [0.15, 0.2) is 17.3 Å². The normalized spacial score (nSPS) is 19.4. The van der Waals surface area contributed by atoms with Gasteiger partial charge in [-0.15, -0.1) is 0 Å². The Bertz CT molecular complexity index is 922. The molecule has 160 valence electrons. The van der Waals surface area contributed by atoms with Gasteiger partial charge in [-0.3, -0.25) is 19.8 Å². The summed E-state index contributed by atoms with van der Waals surface area (Å²) in [4.78, 5) is 27.4. The smallest absolute Gasteiger partial charge is 0.287 e. The molecule has 4 rings (SSSR count). The van der Waals surface area contributed by atoms with Crippen LogP contribution >= 0.6 is 0 Å². The molecule has 1 atom stereocenters. The molecule has 0 radical (unpaired) electrons. The zero-order valence-electron chi connectivity index (χ0n) is 16.7. The van der Waals surface area contributed by atoms with Crippen LogP contribution in [0.3, 0.4) is 0 Å². The number of ether oxygens (including phenoxy) is 2. The van der Waals surface area contributed by atoms with E-state index < -0.39 is 11.0 Å². The van der Waals surface area contributed by atoms with Gasteiger partial charge in [-0.25, -0.2) is 0 Å². The van der Waals surface area contributed by atoms with E-state index in [0.29, 0.717) is 18.0 Å². The van der Waals surface area contributed by atoms with Crippen molar-refractivity contribution in [2.24, 2.45) is 0 Å². The Morgan fingerprint density at radius 3 is 2.77 bits per heavy atom. The van der Waals surface area contributed by atoms with E-state index in [1.54, 1.807) is 6.07 Å². The first-order chi connectivity index (χ1) is 14.5. The van der Waals surface area contributed by atoms with Crippen LogP contribution < -0.4 is 14.8 Å². The molecule has 0 spiro atoms. The van der Waals surface area contributed by atoms with Gasteiger partial charge in [0.1, 0.15) is 18.5 Å². The fourth-order valence-corrected chi connectivity index (χ4v) is 3.42. The average molecular weight is 416 g/mol. The van der Waals surface area contributed by atoms with Crippen LogP contribution in [0.5, 0.6) is 11.5 Å². The van der Waals surface area contributed by atoms with Gasteiger partial charge in [-0.2, -0.15) is 0 Å². The maximum atomic E-state index is 12.4. The molecule has 0 saturated carbocycles. The van der Waals surface area contributed by atoms with Crippen LogP contribution in [0, 0.1) is 10.1 Å². The number of hydrogen-bond acceptors (Lipinski definition) is 8. The third-order valence-corrected chi connectivity index (χ3v) is 5.21. The van der Waals surface area contributed by atoms with E-state index in [4.69, 9.17) is 13.9 Å². The van der Waals surface area contributed by atoms with Crippen molar-refractivity contribution < 1.29 is 23.6 Å². The second-order valence-electron chi connectivity index (χ2n) is 7.49. The minimum Gasteiger partial charge on any atom is -0.486 e. The number of hydrogen-bond donors (Lipinski definition) is 1. The Hall–Kier alpha value is -3.11. The van der Waals surface area contributed by atoms with Crippen molar-refractivity contribution in [2.75, 3.05) is 46.4 Å². The molecule has 1 amide bonds. The Morgan fingerprint density at radius 2 is 2.00 bits per heavy atom. The summed E-state index contributed by atoms with van der Waals surface area (Å²) in [6.07, 6.45) is -0.455. The molecule has 1 saturated heterocycles. The van der Waals surface area contributed by atoms with E-state index in [2.05, 4.69) is 22.2 Å². The van der Waals surface area contributed by atoms with Crippen molar-refractivity contribution in [2.45, 2.75) is 12.6 Å². The van der Waals surface area contributed by atoms with Gasteiger partial charge in [0.25, 0.3) is 11.6 Å². The molecule has 2 aliphatic heterocycles. The zero-order chi connectivity index (χ0) is 21.1. The lowest BCUT2D eigenvalue weighted by Gasteiger charge is -2.31. The Kier molecular flexibility index (Phi) is 5.86. The highest BCUT2D eigenvalue weighted by Gasteiger charge is 2.24. The van der Waals surface area contributed by atoms with Crippen LogP contribution in [-0.2, 0) is 6.54 Å². The second kappa shape index (κ2) is 8.72. The van der Waals surface area contributed by atoms with E-state index in [1.807, 2.05) is 6.07 Å². The molecule has 2 aromatic rings. The summed E-state index contributed by atoms with van der Waals surface area (Å²) in [7, 11) is 2.10. The molecular formula is C20H24N4O6. The molecule has 30 heavy (non-hydrogen) atoms. The Labute approximate surface area is 173 Å². The van der Waals surface area contributed by atoms with Crippen molar-refractivity contribution in [3.05, 3.63) is 52.0 Å². The number of rotatable bonds is 6. The lowest BCUT2D eigenvalue weighted by atomic mass is 10.2. The van der Waals surface area contributed by atoms with E-state index in [9.17, 15) is 14.9 Å². The lowest BCUT2D eigenvalue weighted by molar-refractivity contribution is -0.385. The number of piperazine rings is 1. The SMILES string of the molecule is CN1CCN(Cc2ccc(C(=O)NC[C@@H]3COc4ccc([N+](=O)[O-])cc4O3)o2)CC1. The van der Waals surface area contributed by atoms with Crippen LogP contribution in [0.2, 0.25) is 0 Å². The number of carbonyl (C=O) groups excluding carboxylic acids is 1. The molecule has 1 aromatic carbocycles. The summed E-state index contributed by atoms with van der Waals surface area (Å²) in [6, 6.07) is 7.68. The second-order valence-corrected chi connectivity index (χ2v) is 7.49. The largest absolute Gasteiger partial charge is 0.486 e. The van der Waals surface area contributed by atoms with Crippen LogP contribution in [0.1, 0.15) is 16.3 Å². The number of carbonyl (C=O) groups is 1. The number of likely N-dealkylation sites (N-methyl/N-ethyl adjacent to an activating group) is 1. The number of nitrogens with zero attached hydrogens (tertiary/aromatic N) is 3. The van der Waals surface area contributed by atoms with Crippen molar-refractivity contribution >= 4 is 11.6 Å². The van der Waals surface area contributed by atoms with Gasteiger partial charge in [0.2, 0.25) is 0 Å². The van der Waals surface area contributed by atoms with E-state index in [1.165, 1.54) is 18.2 Å². The number of furan rings is 1. The molecule has 2 aliphatic rings. The number of benzene rings is 1. The number of fused-ring (bicyclic) bond motifs is 1. The standard InChI is InChI=1S/C20H24N4O6/c1-22-6-8-23(9-7-22)12-15-3-5-18(29-15)20(25)21-11-16-13-28-17-4-2-14(24(26)27)10-19(17)30-16/h2-5,10,16H,6-9,11-13H2,1H3,(H,21,25)/t16-/m1/s1. The van der Waals surface area contributed by atoms with Crippen LogP contribution in [0.4, 0.5) is 5.69 Å². The highest BCUT2D eigenvalue weighted by atomic mass is 16.6. The van der Waals surface area contributed by atoms with Crippen LogP contribution in [0.25, 0.3) is 0 Å². The summed E-state index contributed by atoms with van der Waals surface area (Å²) >= 11 is 0. The molecule has 1 fully saturated rings. The highest BCUT2D eigenvalue weighted by Crippen LogP contribution is 2.34. The molecule has 10 nitrogen and oxygen atoms in total. The fourth-order valence-electron chi connectivity index (χ4n) is 3.42. The summed E-state index contributed by atoms with van der Waals surface area (Å²) in [5.41, 5.74) is -0.0782. The van der Waals surface area contributed by atoms with Gasteiger partial charge in [0.05, 0.1) is 24.1 Å². The Morgan fingerprint density at radius 1 is 1.20 bits per heavy atom. The summed E-state index contributed by atoms with van der Waals surface area (Å²) in [5.74, 6) is 1.40. The molecule has 0 aliphatic carbocycles. The minimum absolute atomic E-state index is 0.0782. The van der Waals surface area contributed by atoms with E-state index in [-0.39, 0.29) is 30.5 Å². The maximum Gasteiger partial charge on any atom is 0.287 e. The minimum atomic E-state index is -0.494. The van der Waals surface area contributed by atoms with Crippen LogP contribution in [0.15, 0.2) is 34.7 Å². The number of non-ortho nitro benzene ring substituents is 1. The average Bonchev–Trinajstić information content (AvgIpc) is 3.21. The summed E-state index contributed by atoms with van der Waals surface area (Å²) in [5, 5.41) is 13.7. The van der Waals surface area contributed by atoms with Gasteiger partial charge in [-0.05, 0) is 25.2 Å². The fraction of sp³-hybridized carbons (Fsp3) is 0.450. The van der Waals surface area contributed by atoms with Crippen molar-refractivity contribution in [1.82, 2.24) is 15.1 Å². The van der Waals surface area contributed by atoms with Gasteiger partial charge in [0, 0.05) is 32.2 Å². The summed E-state index contributed by atoms with van der Waals surface area (Å²) in [6.45, 7) is 5.08. The van der Waals surface area contributed by atoms with Gasteiger partial charge < -0.3 is 24.1 Å². The highest BCUT2D eigenvalue weighted by molar-refractivity contribution is 5.91. The molecule has 1 aromatic heterocycles. The number of nitro groups is 1. The van der Waals surface area contributed by atoms with E-state index >= 15 is 0 Å². The molecule has 1 N–H and O–H groups in total. The third-order valence-electron chi connectivity index (χ3n) is 5.21. The van der Waals surface area contributed by atoms with Crippen LogP contribution in [-0.4, -0.2) is 73.1 Å². The first-order valence-corrected chi connectivity index (χ1v) is 9.83. The molecule has 10 heteroatoms. The number of amides is 1. The third kappa shape index (κ3) is 4.71. The molecule has 0 bridgehead atoms. The van der Waals surface area contributed by atoms with Crippen molar-refractivity contribution in [3.8, 4) is 11.5 Å². The van der Waals surface area contributed by atoms with E-state index in [0.717, 1.165) is 31.9 Å². The first-order valence-electron chi connectivity index (χ1n) is 9.83. The van der Waals surface area contributed by atoms with Gasteiger partial charge >= 0.3 is 0 Å². The quantitative estimate of drug-likeness (QED) is 0.557. The Balaban J connectivity index is 1.28. The van der Waals surface area contributed by atoms with Gasteiger partial charge in [-0.1, -0.05) is 0 Å². The first kappa shape index (κ1) is 20.2. The summed E-state index contributed by atoms with van der Waals surface area (Å²) < 4.78 is 17.0. The van der Waals surface area contributed by atoms with Crippen molar-refractivity contribution in [1.29, 1.82) is 0 Å². The maximum absolute atomic E-state index is 12.4. The molecule has 3 heterocycles. The predicted molar refractivity (Wildman–Crippen MR) is 107 cm³/mol. The monoisotopic (exact) mass is 416 g/mol. The number of nitro benzene ring substituents is 1. The number of nitrogens with one attached hydrogen (secondary N) is 1. The predicted octanol–water partition coefficient (Wildman–Crippen LogP) is 1.50. The molecular weight excluding hydrogens is 392 g/mol.